The average molecular weight is 867 g/mol. The van der Waals surface area contributed by atoms with Crippen molar-refractivity contribution in [3.63, 3.8) is 0 Å². The van der Waals surface area contributed by atoms with Crippen LogP contribution in [0.25, 0.3) is 0 Å². The number of hydrogen-bond donors (Lipinski definition) is 0. The van der Waals surface area contributed by atoms with E-state index in [2.05, 4.69) is 81.5 Å². The van der Waals surface area contributed by atoms with Gasteiger partial charge in [0.2, 0.25) is 0 Å². The normalized spacial score (nSPS) is 12.6. The molecule has 0 rings (SSSR count). The Bertz CT molecular complexity index is 1070. The van der Waals surface area contributed by atoms with Crippen molar-refractivity contribution in [2.75, 3.05) is 19.8 Å². The van der Waals surface area contributed by atoms with Crippen LogP contribution in [0, 0.1) is 0 Å². The van der Waals surface area contributed by atoms with Gasteiger partial charge in [-0.15, -0.1) is 0 Å². The molecule has 0 aliphatic rings. The zero-order valence-electron chi connectivity index (χ0n) is 41.4. The highest BCUT2D eigenvalue weighted by atomic mass is 16.6. The van der Waals surface area contributed by atoms with Crippen LogP contribution in [-0.4, -0.2) is 37.9 Å². The van der Waals surface area contributed by atoms with Crippen LogP contribution in [0.3, 0.4) is 0 Å². The molecule has 0 aromatic carbocycles. The van der Waals surface area contributed by atoms with E-state index in [4.69, 9.17) is 14.2 Å². The number of esters is 2. The van der Waals surface area contributed by atoms with Gasteiger partial charge in [0.1, 0.15) is 19.3 Å². The first-order chi connectivity index (χ1) is 30.6. The monoisotopic (exact) mass is 867 g/mol. The summed E-state index contributed by atoms with van der Waals surface area (Å²) in [5.41, 5.74) is 0. The van der Waals surface area contributed by atoms with E-state index in [1.54, 1.807) is 0 Å². The first-order valence-electron chi connectivity index (χ1n) is 26.8. The molecule has 360 valence electrons. The molecule has 0 spiro atoms. The Labute approximate surface area is 385 Å². The van der Waals surface area contributed by atoms with Crippen molar-refractivity contribution in [2.24, 2.45) is 0 Å². The molecule has 0 N–H and O–H groups in total. The lowest BCUT2D eigenvalue weighted by Gasteiger charge is -2.18. The predicted molar refractivity (Wildman–Crippen MR) is 270 cm³/mol. The Balaban J connectivity index is 4.32. The minimum atomic E-state index is -0.420. The lowest BCUT2D eigenvalue weighted by atomic mass is 10.0. The van der Waals surface area contributed by atoms with Crippen LogP contribution >= 0.6 is 0 Å². The molecule has 0 aromatic heterocycles. The van der Waals surface area contributed by atoms with Crippen LogP contribution < -0.4 is 0 Å². The maximum atomic E-state index is 12.6. The third-order valence-corrected chi connectivity index (χ3v) is 11.6. The summed E-state index contributed by atoms with van der Waals surface area (Å²) in [7, 11) is 0. The highest BCUT2D eigenvalue weighted by Crippen LogP contribution is 2.16. The molecule has 0 bridgehead atoms. The van der Waals surface area contributed by atoms with E-state index in [1.165, 1.54) is 161 Å². The zero-order valence-corrected chi connectivity index (χ0v) is 41.4. The number of rotatable bonds is 49. The van der Waals surface area contributed by atoms with Gasteiger partial charge in [0, 0.05) is 19.4 Å². The Morgan fingerprint density at radius 1 is 0.355 bits per heavy atom. The van der Waals surface area contributed by atoms with Crippen molar-refractivity contribution in [3.8, 4) is 0 Å². The van der Waals surface area contributed by atoms with Gasteiger partial charge in [-0.25, -0.2) is 0 Å². The van der Waals surface area contributed by atoms with Crippen molar-refractivity contribution in [3.05, 3.63) is 60.8 Å². The van der Waals surface area contributed by atoms with Gasteiger partial charge in [-0.2, -0.15) is 0 Å². The summed E-state index contributed by atoms with van der Waals surface area (Å²) in [5.74, 6) is -0.390. The van der Waals surface area contributed by atoms with E-state index in [0.717, 1.165) is 70.6 Å². The van der Waals surface area contributed by atoms with Crippen LogP contribution in [0.5, 0.6) is 0 Å². The molecule has 0 amide bonds. The van der Waals surface area contributed by atoms with Crippen LogP contribution in [0.4, 0.5) is 0 Å². The Morgan fingerprint density at radius 2 is 0.661 bits per heavy atom. The SMILES string of the molecule is CC/C=C\C/C=C\C/C=C\C/C=C\C/C=C\CCCC(=O)OC[C@H](COC(=O)CCCCCCCCCCCCCCC)OCCCCCCCCCCCCCCCCCC. The van der Waals surface area contributed by atoms with Crippen molar-refractivity contribution in [2.45, 2.75) is 271 Å². The van der Waals surface area contributed by atoms with E-state index >= 15 is 0 Å². The molecule has 0 aliphatic heterocycles. The average Bonchev–Trinajstić information content (AvgIpc) is 3.28. The summed E-state index contributed by atoms with van der Waals surface area (Å²) in [6.45, 7) is 7.59. The van der Waals surface area contributed by atoms with Crippen molar-refractivity contribution in [1.29, 1.82) is 0 Å². The van der Waals surface area contributed by atoms with Gasteiger partial charge >= 0.3 is 11.9 Å². The lowest BCUT2D eigenvalue weighted by Crippen LogP contribution is -2.29. The molecule has 1 atom stereocenters. The molecule has 0 unspecified atom stereocenters. The zero-order chi connectivity index (χ0) is 44.9. The molecule has 0 radical (unpaired) electrons. The second-order valence-corrected chi connectivity index (χ2v) is 17.8. The number of unbranched alkanes of at least 4 members (excludes halogenated alkanes) is 28. The molecular formula is C57H102O5. The van der Waals surface area contributed by atoms with Gasteiger partial charge in [0.25, 0.3) is 0 Å². The predicted octanol–water partition coefficient (Wildman–Crippen LogP) is 18.1. The molecule has 62 heavy (non-hydrogen) atoms. The Hall–Kier alpha value is -2.40. The van der Waals surface area contributed by atoms with Crippen molar-refractivity contribution < 1.29 is 23.8 Å². The van der Waals surface area contributed by atoms with Crippen LogP contribution in [0.1, 0.15) is 265 Å². The molecule has 0 aliphatic carbocycles. The summed E-state index contributed by atoms with van der Waals surface area (Å²) in [4.78, 5) is 25.2. The lowest BCUT2D eigenvalue weighted by molar-refractivity contribution is -0.155. The fraction of sp³-hybridized carbons (Fsp3) is 0.789. The van der Waals surface area contributed by atoms with E-state index in [-0.39, 0.29) is 25.2 Å². The first kappa shape index (κ1) is 59.6. The molecular weight excluding hydrogens is 765 g/mol. The smallest absolute Gasteiger partial charge is 0.305 e. The summed E-state index contributed by atoms with van der Waals surface area (Å²) >= 11 is 0. The van der Waals surface area contributed by atoms with Gasteiger partial charge in [-0.3, -0.25) is 9.59 Å². The van der Waals surface area contributed by atoms with E-state index in [9.17, 15) is 9.59 Å². The van der Waals surface area contributed by atoms with Crippen LogP contribution in [0.15, 0.2) is 60.8 Å². The van der Waals surface area contributed by atoms with E-state index in [1.807, 2.05) is 0 Å². The van der Waals surface area contributed by atoms with Gasteiger partial charge in [0.15, 0.2) is 0 Å². The Kier molecular flexibility index (Phi) is 50.9. The van der Waals surface area contributed by atoms with Crippen LogP contribution in [-0.2, 0) is 23.8 Å². The van der Waals surface area contributed by atoms with Crippen molar-refractivity contribution in [1.82, 2.24) is 0 Å². The number of carbonyl (C=O) groups is 2. The third kappa shape index (κ3) is 50.2. The van der Waals surface area contributed by atoms with E-state index in [0.29, 0.717) is 19.4 Å². The molecule has 0 saturated carbocycles. The number of hydrogen-bond acceptors (Lipinski definition) is 5. The van der Waals surface area contributed by atoms with Gasteiger partial charge in [-0.1, -0.05) is 255 Å². The molecule has 0 saturated heterocycles. The maximum Gasteiger partial charge on any atom is 0.305 e. The van der Waals surface area contributed by atoms with Gasteiger partial charge in [-0.05, 0) is 57.8 Å². The number of carbonyl (C=O) groups excluding carboxylic acids is 2. The highest BCUT2D eigenvalue weighted by molar-refractivity contribution is 5.69. The topological polar surface area (TPSA) is 61.8 Å². The van der Waals surface area contributed by atoms with Gasteiger partial charge in [0.05, 0.1) is 0 Å². The highest BCUT2D eigenvalue weighted by Gasteiger charge is 2.16. The molecule has 0 heterocycles. The molecule has 5 heteroatoms. The second kappa shape index (κ2) is 52.9. The molecule has 5 nitrogen and oxygen atoms in total. The summed E-state index contributed by atoms with van der Waals surface area (Å²) in [6.07, 6.45) is 66.9. The summed E-state index contributed by atoms with van der Waals surface area (Å²) < 4.78 is 17.4. The summed E-state index contributed by atoms with van der Waals surface area (Å²) in [5, 5.41) is 0. The number of allylic oxidation sites excluding steroid dienone is 10. The largest absolute Gasteiger partial charge is 0.463 e. The minimum absolute atomic E-state index is 0.130. The Morgan fingerprint density at radius 3 is 1.03 bits per heavy atom. The van der Waals surface area contributed by atoms with Crippen molar-refractivity contribution >= 4 is 11.9 Å². The fourth-order valence-electron chi connectivity index (χ4n) is 7.58. The molecule has 0 aromatic rings. The minimum Gasteiger partial charge on any atom is -0.463 e. The second-order valence-electron chi connectivity index (χ2n) is 17.8. The number of ether oxygens (including phenoxy) is 3. The fourth-order valence-corrected chi connectivity index (χ4v) is 7.58. The van der Waals surface area contributed by atoms with Gasteiger partial charge < -0.3 is 14.2 Å². The maximum absolute atomic E-state index is 12.6. The first-order valence-corrected chi connectivity index (χ1v) is 26.8. The summed E-state index contributed by atoms with van der Waals surface area (Å²) in [6, 6.07) is 0. The van der Waals surface area contributed by atoms with E-state index < -0.39 is 6.10 Å². The third-order valence-electron chi connectivity index (χ3n) is 11.6. The quantitative estimate of drug-likeness (QED) is 0.0346. The molecule has 0 fully saturated rings. The standard InChI is InChI=1S/C57H102O5/c1-4-7-10-13-16-19-22-25-27-29-30-33-36-39-42-45-48-51-57(59)62-54-55(53-61-56(58)50-47-44-41-38-35-32-24-21-18-15-12-9-6-3)60-52-49-46-43-40-37-34-31-28-26-23-20-17-14-11-8-5-2/h7,10,16,19,25,27,30,33,39,42,55H,4-6,8-9,11-15,17-18,20-24,26,28-29,31-32,34-38,40-41,43-54H2,1-3H3/b10-7-,19-16-,27-25-,33-30-,42-39-/t55-/m0/s1. The van der Waals surface area contributed by atoms with Crippen LogP contribution in [0.2, 0.25) is 0 Å².